The average Bonchev–Trinajstić information content (AvgIpc) is 2.61. The Labute approximate surface area is 99.1 Å². The third-order valence-corrected chi connectivity index (χ3v) is 3.50. The van der Waals surface area contributed by atoms with Crippen LogP contribution in [0.4, 0.5) is 0 Å². The summed E-state index contributed by atoms with van der Waals surface area (Å²) in [5.74, 6) is -0.0550. The highest BCUT2D eigenvalue weighted by atomic mass is 16.5. The van der Waals surface area contributed by atoms with Crippen LogP contribution in [0.25, 0.3) is 0 Å². The van der Waals surface area contributed by atoms with Gasteiger partial charge < -0.3 is 4.74 Å². The quantitative estimate of drug-likeness (QED) is 0.516. The van der Waals surface area contributed by atoms with Crippen molar-refractivity contribution in [1.29, 1.82) is 0 Å². The van der Waals surface area contributed by atoms with Gasteiger partial charge in [0.2, 0.25) is 0 Å². The SMILES string of the molecule is CCCCOC(=O)CN1C(C)CCC1CC. The number of carbonyl (C=O) groups is 1. The predicted octanol–water partition coefficient (Wildman–Crippen LogP) is 2.59. The normalized spacial score (nSPS) is 25.9. The predicted molar refractivity (Wildman–Crippen MR) is 65.3 cm³/mol. The van der Waals surface area contributed by atoms with Gasteiger partial charge in [-0.25, -0.2) is 0 Å². The molecular formula is C13H25NO2. The summed E-state index contributed by atoms with van der Waals surface area (Å²) in [4.78, 5) is 13.9. The van der Waals surface area contributed by atoms with Gasteiger partial charge in [-0.1, -0.05) is 20.3 Å². The fourth-order valence-corrected chi connectivity index (χ4v) is 2.37. The molecule has 3 heteroatoms. The van der Waals surface area contributed by atoms with Gasteiger partial charge in [0.15, 0.2) is 0 Å². The van der Waals surface area contributed by atoms with Crippen molar-refractivity contribution >= 4 is 5.97 Å². The van der Waals surface area contributed by atoms with Crippen molar-refractivity contribution in [2.24, 2.45) is 0 Å². The first-order valence-electron chi connectivity index (χ1n) is 6.60. The Balaban J connectivity index is 2.31. The Morgan fingerprint density at radius 3 is 2.75 bits per heavy atom. The number of hydrogen-bond donors (Lipinski definition) is 0. The van der Waals surface area contributed by atoms with Crippen LogP contribution in [0.15, 0.2) is 0 Å². The minimum atomic E-state index is -0.0550. The molecule has 94 valence electrons. The summed E-state index contributed by atoms with van der Waals surface area (Å²) < 4.78 is 5.20. The van der Waals surface area contributed by atoms with E-state index in [0.717, 1.165) is 19.3 Å². The van der Waals surface area contributed by atoms with Crippen molar-refractivity contribution in [2.45, 2.75) is 65.0 Å². The third kappa shape index (κ3) is 3.78. The number of rotatable bonds is 6. The van der Waals surface area contributed by atoms with Crippen LogP contribution in [-0.2, 0) is 9.53 Å². The largest absolute Gasteiger partial charge is 0.465 e. The van der Waals surface area contributed by atoms with Crippen LogP contribution in [0.1, 0.15) is 52.9 Å². The molecule has 0 amide bonds. The van der Waals surface area contributed by atoms with E-state index >= 15 is 0 Å². The van der Waals surface area contributed by atoms with E-state index in [9.17, 15) is 4.79 Å². The summed E-state index contributed by atoms with van der Waals surface area (Å²) in [6.45, 7) is 7.55. The van der Waals surface area contributed by atoms with Crippen LogP contribution >= 0.6 is 0 Å². The Bertz CT molecular complexity index is 218. The van der Waals surface area contributed by atoms with E-state index in [-0.39, 0.29) is 5.97 Å². The van der Waals surface area contributed by atoms with Crippen molar-refractivity contribution in [3.05, 3.63) is 0 Å². The van der Waals surface area contributed by atoms with Crippen LogP contribution in [-0.4, -0.2) is 36.1 Å². The summed E-state index contributed by atoms with van der Waals surface area (Å²) in [5.41, 5.74) is 0. The molecule has 1 fully saturated rings. The van der Waals surface area contributed by atoms with E-state index in [1.165, 1.54) is 12.8 Å². The maximum Gasteiger partial charge on any atom is 0.320 e. The van der Waals surface area contributed by atoms with Gasteiger partial charge in [0.05, 0.1) is 13.2 Å². The molecule has 0 radical (unpaired) electrons. The molecule has 0 bridgehead atoms. The molecule has 1 aliphatic heterocycles. The molecule has 1 heterocycles. The van der Waals surface area contributed by atoms with Crippen LogP contribution in [0.5, 0.6) is 0 Å². The van der Waals surface area contributed by atoms with Gasteiger partial charge in [0.1, 0.15) is 0 Å². The summed E-state index contributed by atoms with van der Waals surface area (Å²) in [7, 11) is 0. The van der Waals surface area contributed by atoms with E-state index in [1.807, 2.05) is 0 Å². The Hall–Kier alpha value is -0.570. The number of hydrogen-bond acceptors (Lipinski definition) is 3. The van der Waals surface area contributed by atoms with Crippen LogP contribution in [0, 0.1) is 0 Å². The fraction of sp³-hybridized carbons (Fsp3) is 0.923. The zero-order chi connectivity index (χ0) is 12.0. The lowest BCUT2D eigenvalue weighted by Gasteiger charge is -2.26. The van der Waals surface area contributed by atoms with Crippen molar-refractivity contribution in [3.8, 4) is 0 Å². The summed E-state index contributed by atoms with van der Waals surface area (Å²) >= 11 is 0. The molecule has 0 spiro atoms. The van der Waals surface area contributed by atoms with Gasteiger partial charge >= 0.3 is 5.97 Å². The number of esters is 1. The van der Waals surface area contributed by atoms with Crippen molar-refractivity contribution in [3.63, 3.8) is 0 Å². The molecule has 1 aliphatic rings. The lowest BCUT2D eigenvalue weighted by atomic mass is 10.1. The zero-order valence-corrected chi connectivity index (χ0v) is 10.9. The Morgan fingerprint density at radius 2 is 2.12 bits per heavy atom. The van der Waals surface area contributed by atoms with Gasteiger partial charge in [0.25, 0.3) is 0 Å². The van der Waals surface area contributed by atoms with Gasteiger partial charge in [0, 0.05) is 12.1 Å². The molecule has 0 saturated carbocycles. The lowest BCUT2D eigenvalue weighted by Crippen LogP contribution is -2.39. The smallest absolute Gasteiger partial charge is 0.320 e. The van der Waals surface area contributed by atoms with Gasteiger partial charge in [-0.15, -0.1) is 0 Å². The van der Waals surface area contributed by atoms with Crippen molar-refractivity contribution in [2.75, 3.05) is 13.2 Å². The second-order valence-corrected chi connectivity index (χ2v) is 4.73. The molecule has 2 unspecified atom stereocenters. The first kappa shape index (κ1) is 13.5. The lowest BCUT2D eigenvalue weighted by molar-refractivity contribution is -0.145. The first-order valence-corrected chi connectivity index (χ1v) is 6.60. The molecule has 0 aliphatic carbocycles. The summed E-state index contributed by atoms with van der Waals surface area (Å²) in [6, 6.07) is 1.11. The van der Waals surface area contributed by atoms with E-state index in [2.05, 4.69) is 25.7 Å². The van der Waals surface area contributed by atoms with Crippen LogP contribution in [0.3, 0.4) is 0 Å². The Morgan fingerprint density at radius 1 is 1.38 bits per heavy atom. The van der Waals surface area contributed by atoms with Gasteiger partial charge in [-0.3, -0.25) is 9.69 Å². The molecule has 0 N–H and O–H groups in total. The third-order valence-electron chi connectivity index (χ3n) is 3.50. The molecule has 0 aromatic rings. The topological polar surface area (TPSA) is 29.5 Å². The molecule has 0 aromatic carbocycles. The molecule has 0 aromatic heterocycles. The Kier molecular flexibility index (Phi) is 5.81. The number of likely N-dealkylation sites (tertiary alicyclic amines) is 1. The van der Waals surface area contributed by atoms with Gasteiger partial charge in [-0.2, -0.15) is 0 Å². The maximum atomic E-state index is 11.6. The van der Waals surface area contributed by atoms with Gasteiger partial charge in [-0.05, 0) is 32.6 Å². The summed E-state index contributed by atoms with van der Waals surface area (Å²) in [6.07, 6.45) is 5.61. The van der Waals surface area contributed by atoms with Crippen LogP contribution < -0.4 is 0 Å². The number of nitrogens with zero attached hydrogens (tertiary/aromatic N) is 1. The van der Waals surface area contributed by atoms with E-state index in [0.29, 0.717) is 25.2 Å². The number of carbonyl (C=O) groups excluding carboxylic acids is 1. The van der Waals surface area contributed by atoms with E-state index < -0.39 is 0 Å². The fourth-order valence-electron chi connectivity index (χ4n) is 2.37. The maximum absolute atomic E-state index is 11.6. The number of unbranched alkanes of at least 4 members (excludes halogenated alkanes) is 1. The molecule has 1 rings (SSSR count). The van der Waals surface area contributed by atoms with Crippen LogP contribution in [0.2, 0.25) is 0 Å². The second-order valence-electron chi connectivity index (χ2n) is 4.73. The van der Waals surface area contributed by atoms with Crippen molar-refractivity contribution in [1.82, 2.24) is 4.90 Å². The molecular weight excluding hydrogens is 202 g/mol. The highest BCUT2D eigenvalue weighted by Gasteiger charge is 2.30. The van der Waals surface area contributed by atoms with Crippen molar-refractivity contribution < 1.29 is 9.53 Å². The summed E-state index contributed by atoms with van der Waals surface area (Å²) in [5, 5.41) is 0. The second kappa shape index (κ2) is 6.89. The molecule has 2 atom stereocenters. The van der Waals surface area contributed by atoms with E-state index in [1.54, 1.807) is 0 Å². The standard InChI is InChI=1S/C13H25NO2/c1-4-6-9-16-13(15)10-14-11(3)7-8-12(14)5-2/h11-12H,4-10H2,1-3H3. The molecule has 1 saturated heterocycles. The highest BCUT2D eigenvalue weighted by molar-refractivity contribution is 5.71. The van der Waals surface area contributed by atoms with E-state index in [4.69, 9.17) is 4.74 Å². The zero-order valence-electron chi connectivity index (χ0n) is 10.9. The minimum Gasteiger partial charge on any atom is -0.465 e. The first-order chi connectivity index (χ1) is 7.69. The highest BCUT2D eigenvalue weighted by Crippen LogP contribution is 2.25. The monoisotopic (exact) mass is 227 g/mol. The molecule has 3 nitrogen and oxygen atoms in total. The average molecular weight is 227 g/mol. The minimum absolute atomic E-state index is 0.0550. The molecule has 16 heavy (non-hydrogen) atoms. The number of ether oxygens (including phenoxy) is 1.